The van der Waals surface area contributed by atoms with E-state index in [1.807, 2.05) is 0 Å². The van der Waals surface area contributed by atoms with Crippen molar-refractivity contribution in [3.63, 3.8) is 0 Å². The van der Waals surface area contributed by atoms with Crippen molar-refractivity contribution in [2.45, 2.75) is 33.1 Å². The van der Waals surface area contributed by atoms with E-state index in [0.29, 0.717) is 0 Å². The predicted molar refractivity (Wildman–Crippen MR) is 143 cm³/mol. The first kappa shape index (κ1) is 21.2. The van der Waals surface area contributed by atoms with Crippen LogP contribution in [0.5, 0.6) is 0 Å². The standard InChI is InChI=1S/C34H32/c1-31(2)32(3,4)34(31)30(29(25-17-9-5-10-18-25)26-19-11-6-12-20-26)33(34,27-21-13-7-14-22-27)28-23-15-8-16-24-28/h5-24H,1-4H3. The second kappa shape index (κ2) is 7.06. The summed E-state index contributed by atoms with van der Waals surface area (Å²) in [4.78, 5) is 0. The minimum atomic E-state index is -0.163. The van der Waals surface area contributed by atoms with Crippen LogP contribution in [0.15, 0.2) is 127 Å². The molecule has 0 atom stereocenters. The predicted octanol–water partition coefficient (Wildman–Crippen LogP) is 8.54. The molecule has 0 nitrogen and oxygen atoms in total. The van der Waals surface area contributed by atoms with Crippen LogP contribution in [0.25, 0.3) is 5.57 Å². The van der Waals surface area contributed by atoms with Crippen LogP contribution in [0.4, 0.5) is 0 Å². The van der Waals surface area contributed by atoms with Gasteiger partial charge >= 0.3 is 0 Å². The highest BCUT2D eigenvalue weighted by Gasteiger charge is 2.97. The normalized spacial score (nSPS) is 20.1. The monoisotopic (exact) mass is 440 g/mol. The van der Waals surface area contributed by atoms with Gasteiger partial charge in [-0.25, -0.2) is 0 Å². The van der Waals surface area contributed by atoms with E-state index in [1.54, 1.807) is 5.57 Å². The maximum atomic E-state index is 2.48. The number of rotatable bonds is 4. The van der Waals surface area contributed by atoms with E-state index in [-0.39, 0.29) is 21.7 Å². The van der Waals surface area contributed by atoms with Gasteiger partial charge in [0.15, 0.2) is 0 Å². The van der Waals surface area contributed by atoms with E-state index in [1.165, 1.54) is 27.8 Å². The van der Waals surface area contributed by atoms with Crippen LogP contribution in [0, 0.1) is 16.2 Å². The zero-order valence-electron chi connectivity index (χ0n) is 20.5. The van der Waals surface area contributed by atoms with Gasteiger partial charge in [-0.3, -0.25) is 0 Å². The Balaban J connectivity index is 1.80. The third kappa shape index (κ3) is 2.34. The van der Waals surface area contributed by atoms with Gasteiger partial charge in [0.2, 0.25) is 0 Å². The Labute approximate surface area is 204 Å². The van der Waals surface area contributed by atoms with Gasteiger partial charge in [-0.15, -0.1) is 0 Å². The molecule has 0 saturated heterocycles. The Kier molecular flexibility index (Phi) is 4.40. The molecule has 0 N–H and O–H groups in total. The molecule has 0 aliphatic heterocycles. The lowest BCUT2D eigenvalue weighted by molar-refractivity contribution is 0.457. The van der Waals surface area contributed by atoms with Gasteiger partial charge in [-0.05, 0) is 44.2 Å². The molecule has 4 aromatic rings. The maximum Gasteiger partial charge on any atom is 0.0531 e. The Morgan fingerprint density at radius 2 is 0.765 bits per heavy atom. The zero-order chi connectivity index (χ0) is 23.6. The second-order valence-corrected chi connectivity index (χ2v) is 11.0. The van der Waals surface area contributed by atoms with Crippen molar-refractivity contribution < 1.29 is 0 Å². The van der Waals surface area contributed by atoms with Gasteiger partial charge in [-0.2, -0.15) is 0 Å². The van der Waals surface area contributed by atoms with Gasteiger partial charge in [-0.1, -0.05) is 149 Å². The Morgan fingerprint density at radius 1 is 0.441 bits per heavy atom. The van der Waals surface area contributed by atoms with Crippen LogP contribution >= 0.6 is 0 Å². The first-order chi connectivity index (χ1) is 16.4. The van der Waals surface area contributed by atoms with Crippen LogP contribution < -0.4 is 0 Å². The molecule has 0 amide bonds. The summed E-state index contributed by atoms with van der Waals surface area (Å²) < 4.78 is 0. The number of hydrogen-bond acceptors (Lipinski definition) is 0. The van der Waals surface area contributed by atoms with Gasteiger partial charge in [0.25, 0.3) is 0 Å². The summed E-state index contributed by atoms with van der Waals surface area (Å²) in [5.41, 5.74) is 8.55. The molecule has 0 heteroatoms. The summed E-state index contributed by atoms with van der Waals surface area (Å²) in [5.74, 6) is 0. The van der Waals surface area contributed by atoms with Crippen LogP contribution in [-0.4, -0.2) is 0 Å². The fourth-order valence-corrected chi connectivity index (χ4v) is 7.59. The van der Waals surface area contributed by atoms with Gasteiger partial charge in [0.1, 0.15) is 0 Å². The van der Waals surface area contributed by atoms with Crippen LogP contribution in [0.1, 0.15) is 49.9 Å². The fourth-order valence-electron chi connectivity index (χ4n) is 7.59. The topological polar surface area (TPSA) is 0 Å². The average Bonchev–Trinajstić information content (AvgIpc) is 3.63. The number of allylic oxidation sites excluding steroid dienone is 1. The fraction of sp³-hybridized carbons (Fsp3) is 0.235. The van der Waals surface area contributed by atoms with E-state index in [4.69, 9.17) is 0 Å². The highest BCUT2D eigenvalue weighted by Crippen LogP contribution is 3.00. The lowest BCUT2D eigenvalue weighted by Crippen LogP contribution is -2.16. The minimum Gasteiger partial charge on any atom is -0.0622 e. The summed E-state index contributed by atoms with van der Waals surface area (Å²) in [6.07, 6.45) is 0. The van der Waals surface area contributed by atoms with E-state index in [0.717, 1.165) is 0 Å². The van der Waals surface area contributed by atoms with Crippen molar-refractivity contribution in [2.75, 3.05) is 0 Å². The molecule has 0 heterocycles. The molecule has 0 radical (unpaired) electrons. The molecule has 2 aliphatic rings. The molecular formula is C34H32. The number of benzene rings is 4. The SMILES string of the molecule is CC1(C)C(C)(C)C12C(=C(c1ccccc1)c1ccccc1)C2(c1ccccc1)c1ccccc1. The summed E-state index contributed by atoms with van der Waals surface area (Å²) in [7, 11) is 0. The molecule has 0 aromatic heterocycles. The summed E-state index contributed by atoms with van der Waals surface area (Å²) in [5, 5.41) is 0. The third-order valence-corrected chi connectivity index (χ3v) is 9.41. The Hall–Kier alpha value is -3.38. The van der Waals surface area contributed by atoms with Crippen LogP contribution in [-0.2, 0) is 5.41 Å². The second-order valence-electron chi connectivity index (χ2n) is 11.0. The van der Waals surface area contributed by atoms with E-state index >= 15 is 0 Å². The van der Waals surface area contributed by atoms with E-state index in [9.17, 15) is 0 Å². The highest BCUT2D eigenvalue weighted by molar-refractivity contribution is 5.94. The molecular weight excluding hydrogens is 408 g/mol. The Morgan fingerprint density at radius 3 is 1.09 bits per heavy atom. The smallest absolute Gasteiger partial charge is 0.0531 e. The van der Waals surface area contributed by atoms with Crippen molar-refractivity contribution in [1.82, 2.24) is 0 Å². The molecule has 34 heavy (non-hydrogen) atoms. The molecule has 2 fully saturated rings. The van der Waals surface area contributed by atoms with Crippen molar-refractivity contribution in [3.8, 4) is 0 Å². The Bertz CT molecular complexity index is 1260. The maximum absolute atomic E-state index is 2.48. The van der Waals surface area contributed by atoms with Crippen molar-refractivity contribution in [3.05, 3.63) is 149 Å². The van der Waals surface area contributed by atoms with Gasteiger partial charge < -0.3 is 0 Å². The molecule has 4 aromatic carbocycles. The molecule has 1 spiro atoms. The summed E-state index contributed by atoms with van der Waals surface area (Å²) >= 11 is 0. The third-order valence-electron chi connectivity index (χ3n) is 9.41. The summed E-state index contributed by atoms with van der Waals surface area (Å²) in [6.45, 7) is 9.92. The molecule has 168 valence electrons. The summed E-state index contributed by atoms with van der Waals surface area (Å²) in [6, 6.07) is 44.5. The first-order valence-electron chi connectivity index (χ1n) is 12.4. The highest BCUT2D eigenvalue weighted by atomic mass is 15.0. The van der Waals surface area contributed by atoms with Crippen molar-refractivity contribution >= 4 is 5.57 Å². The lowest BCUT2D eigenvalue weighted by Gasteiger charge is -2.21. The largest absolute Gasteiger partial charge is 0.0622 e. The van der Waals surface area contributed by atoms with Crippen molar-refractivity contribution in [2.24, 2.45) is 16.2 Å². The average molecular weight is 441 g/mol. The molecule has 2 aliphatic carbocycles. The molecule has 0 unspecified atom stereocenters. The molecule has 0 bridgehead atoms. The molecule has 2 saturated carbocycles. The van der Waals surface area contributed by atoms with Gasteiger partial charge in [0, 0.05) is 5.41 Å². The van der Waals surface area contributed by atoms with E-state index < -0.39 is 0 Å². The lowest BCUT2D eigenvalue weighted by atomic mass is 9.81. The molecule has 6 rings (SSSR count). The zero-order valence-corrected chi connectivity index (χ0v) is 20.5. The van der Waals surface area contributed by atoms with Crippen LogP contribution in [0.2, 0.25) is 0 Å². The minimum absolute atomic E-state index is 0.0384. The quantitative estimate of drug-likeness (QED) is 0.298. The van der Waals surface area contributed by atoms with Gasteiger partial charge in [0.05, 0.1) is 5.41 Å². The van der Waals surface area contributed by atoms with E-state index in [2.05, 4.69) is 149 Å². The first-order valence-corrected chi connectivity index (χ1v) is 12.4. The van der Waals surface area contributed by atoms with Crippen LogP contribution in [0.3, 0.4) is 0 Å². The van der Waals surface area contributed by atoms with Crippen molar-refractivity contribution in [1.29, 1.82) is 0 Å². The number of hydrogen-bond donors (Lipinski definition) is 0.